The quantitative estimate of drug-likeness (QED) is 0.749. The number of rotatable bonds is 1. The van der Waals surface area contributed by atoms with Crippen molar-refractivity contribution in [2.75, 3.05) is 0 Å². The van der Waals surface area contributed by atoms with E-state index < -0.39 is 6.04 Å². The van der Waals surface area contributed by atoms with Crippen LogP contribution in [0.25, 0.3) is 0 Å². The highest BCUT2D eigenvalue weighted by Gasteiger charge is 2.29. The summed E-state index contributed by atoms with van der Waals surface area (Å²) in [7, 11) is 0. The first kappa shape index (κ1) is 14.4. The largest absolute Gasteiger partial charge is 0.344 e. The molecule has 1 saturated heterocycles. The summed E-state index contributed by atoms with van der Waals surface area (Å²) in [5.74, 6) is -0.569. The lowest BCUT2D eigenvalue weighted by molar-refractivity contribution is -0.123. The number of carbonyl (C=O) groups excluding carboxylic acids is 3. The van der Waals surface area contributed by atoms with Gasteiger partial charge < -0.3 is 10.6 Å². The molecule has 2 atom stereocenters. The van der Waals surface area contributed by atoms with Crippen LogP contribution in [0.1, 0.15) is 26.7 Å². The Hall–Kier alpha value is -2.50. The Morgan fingerprint density at radius 1 is 1.32 bits per heavy atom. The van der Waals surface area contributed by atoms with Crippen LogP contribution in [-0.2, 0) is 14.4 Å². The molecule has 2 N–H and O–H groups in total. The number of amides is 3. The van der Waals surface area contributed by atoms with E-state index in [1.54, 1.807) is 19.1 Å². The van der Waals surface area contributed by atoms with Gasteiger partial charge in [0.1, 0.15) is 6.04 Å². The third-order valence-electron chi connectivity index (χ3n) is 4.29. The molecule has 22 heavy (non-hydrogen) atoms. The van der Waals surface area contributed by atoms with Crippen LogP contribution >= 0.6 is 0 Å². The second-order valence-electron chi connectivity index (χ2n) is 5.73. The number of fused-ring (bicyclic) bond motifs is 1. The van der Waals surface area contributed by atoms with Crippen molar-refractivity contribution in [1.29, 1.82) is 0 Å². The Kier molecular flexibility index (Phi) is 3.52. The Morgan fingerprint density at radius 3 is 2.77 bits per heavy atom. The van der Waals surface area contributed by atoms with Gasteiger partial charge in [-0.3, -0.25) is 14.4 Å². The molecule has 0 aromatic carbocycles. The average Bonchev–Trinajstić information content (AvgIpc) is 2.91. The molecule has 2 aliphatic heterocycles. The lowest BCUT2D eigenvalue weighted by atomic mass is 9.85. The number of nitrogens with zero attached hydrogens (tertiary/aromatic N) is 1. The van der Waals surface area contributed by atoms with E-state index in [1.165, 1.54) is 0 Å². The zero-order valence-electron chi connectivity index (χ0n) is 12.5. The topological polar surface area (TPSA) is 87.6 Å². The predicted molar refractivity (Wildman–Crippen MR) is 80.8 cm³/mol. The van der Waals surface area contributed by atoms with Crippen molar-refractivity contribution in [2.24, 2.45) is 10.9 Å². The highest BCUT2D eigenvalue weighted by Crippen LogP contribution is 2.29. The van der Waals surface area contributed by atoms with E-state index in [0.29, 0.717) is 18.6 Å². The van der Waals surface area contributed by atoms with Gasteiger partial charge in [0.15, 0.2) is 0 Å². The molecule has 1 fully saturated rings. The molecule has 0 radical (unpaired) electrons. The normalized spacial score (nSPS) is 29.2. The molecular formula is C16H17N3O3. The van der Waals surface area contributed by atoms with Crippen LogP contribution in [-0.4, -0.2) is 29.5 Å². The molecule has 2 unspecified atom stereocenters. The maximum atomic E-state index is 12.0. The van der Waals surface area contributed by atoms with Crippen LogP contribution < -0.4 is 10.6 Å². The standard InChI is InChI=1S/C16H17N3O3/c1-8-9(2)15(21)19-13-7-10(3-4-11(8)13)17-16(22)12-5-6-14(20)18-12/h3-4,7,11-12H,5-6H2,1-2H3,(H,18,20)(H,19,21). The molecule has 0 aromatic heterocycles. The minimum Gasteiger partial charge on any atom is -0.344 e. The molecule has 2 heterocycles. The van der Waals surface area contributed by atoms with Gasteiger partial charge >= 0.3 is 0 Å². The van der Waals surface area contributed by atoms with Crippen LogP contribution in [0.5, 0.6) is 0 Å². The van der Waals surface area contributed by atoms with E-state index in [1.807, 2.05) is 13.0 Å². The van der Waals surface area contributed by atoms with Crippen molar-refractivity contribution in [3.63, 3.8) is 0 Å². The van der Waals surface area contributed by atoms with Crippen molar-refractivity contribution in [2.45, 2.75) is 32.7 Å². The van der Waals surface area contributed by atoms with Gasteiger partial charge in [-0.15, -0.1) is 0 Å². The number of hydrogen-bond acceptors (Lipinski definition) is 3. The van der Waals surface area contributed by atoms with Gasteiger partial charge in [0.05, 0.1) is 5.71 Å². The second-order valence-corrected chi connectivity index (χ2v) is 5.73. The minimum atomic E-state index is -0.533. The van der Waals surface area contributed by atoms with Gasteiger partial charge in [0, 0.05) is 23.6 Å². The highest BCUT2D eigenvalue weighted by atomic mass is 16.2. The molecule has 6 nitrogen and oxygen atoms in total. The summed E-state index contributed by atoms with van der Waals surface area (Å²) in [6, 6.07) is -0.533. The number of aliphatic imine (C=N–C) groups is 1. The fourth-order valence-electron chi connectivity index (χ4n) is 2.80. The summed E-state index contributed by atoms with van der Waals surface area (Å²) < 4.78 is 0. The SMILES string of the molecule is CC1=C(C)C2C=CC(=NC(=O)C3CCC(=O)N3)C=C2NC1=O. The number of carbonyl (C=O) groups is 3. The lowest BCUT2D eigenvalue weighted by Gasteiger charge is -2.28. The first-order chi connectivity index (χ1) is 10.5. The van der Waals surface area contributed by atoms with E-state index in [2.05, 4.69) is 15.6 Å². The molecule has 6 heteroatoms. The van der Waals surface area contributed by atoms with Gasteiger partial charge in [-0.2, -0.15) is 0 Å². The molecule has 0 bridgehead atoms. The fraction of sp³-hybridized carbons (Fsp3) is 0.375. The number of hydrogen-bond donors (Lipinski definition) is 2. The molecule has 3 rings (SSSR count). The predicted octanol–water partition coefficient (Wildman–Crippen LogP) is 0.769. The maximum Gasteiger partial charge on any atom is 0.268 e. The van der Waals surface area contributed by atoms with Crippen LogP contribution in [0.15, 0.2) is 40.1 Å². The Balaban J connectivity index is 1.82. The molecule has 3 aliphatic rings. The summed E-state index contributed by atoms with van der Waals surface area (Å²) in [4.78, 5) is 39.1. The number of nitrogens with one attached hydrogen (secondary N) is 2. The third-order valence-corrected chi connectivity index (χ3v) is 4.29. The highest BCUT2D eigenvalue weighted by molar-refractivity contribution is 6.12. The van der Waals surface area contributed by atoms with Crippen LogP contribution in [0.4, 0.5) is 0 Å². The monoisotopic (exact) mass is 299 g/mol. The molecule has 0 saturated carbocycles. The second kappa shape index (κ2) is 5.36. The van der Waals surface area contributed by atoms with Gasteiger partial charge in [-0.05, 0) is 32.4 Å². The summed E-state index contributed by atoms with van der Waals surface area (Å²) in [5.41, 5.74) is 2.94. The van der Waals surface area contributed by atoms with Crippen LogP contribution in [0.2, 0.25) is 0 Å². The minimum absolute atomic E-state index is 0.0259. The average molecular weight is 299 g/mol. The summed E-state index contributed by atoms with van der Waals surface area (Å²) >= 11 is 0. The van der Waals surface area contributed by atoms with Crippen molar-refractivity contribution in [1.82, 2.24) is 10.6 Å². The van der Waals surface area contributed by atoms with Gasteiger partial charge in [0.25, 0.3) is 11.8 Å². The Labute approximate surface area is 128 Å². The van der Waals surface area contributed by atoms with Crippen molar-refractivity contribution in [3.05, 3.63) is 35.1 Å². The van der Waals surface area contributed by atoms with E-state index >= 15 is 0 Å². The van der Waals surface area contributed by atoms with Crippen molar-refractivity contribution in [3.8, 4) is 0 Å². The van der Waals surface area contributed by atoms with E-state index in [9.17, 15) is 14.4 Å². The van der Waals surface area contributed by atoms with Crippen LogP contribution in [0, 0.1) is 5.92 Å². The van der Waals surface area contributed by atoms with Gasteiger partial charge in [-0.25, -0.2) is 4.99 Å². The van der Waals surface area contributed by atoms with E-state index in [-0.39, 0.29) is 23.6 Å². The molecule has 0 aromatic rings. The summed E-state index contributed by atoms with van der Waals surface area (Å²) in [6.07, 6.45) is 6.26. The molecule has 114 valence electrons. The zero-order valence-corrected chi connectivity index (χ0v) is 12.5. The van der Waals surface area contributed by atoms with Gasteiger partial charge in [0.2, 0.25) is 5.91 Å². The fourth-order valence-corrected chi connectivity index (χ4v) is 2.80. The zero-order chi connectivity index (χ0) is 15.9. The van der Waals surface area contributed by atoms with Crippen molar-refractivity contribution >= 4 is 23.4 Å². The van der Waals surface area contributed by atoms with Crippen molar-refractivity contribution < 1.29 is 14.4 Å². The first-order valence-electron chi connectivity index (χ1n) is 7.26. The van der Waals surface area contributed by atoms with Crippen LogP contribution in [0.3, 0.4) is 0 Å². The molecule has 1 aliphatic carbocycles. The first-order valence-corrected chi connectivity index (χ1v) is 7.26. The molecular weight excluding hydrogens is 282 g/mol. The summed E-state index contributed by atoms with van der Waals surface area (Å²) in [5, 5.41) is 5.43. The van der Waals surface area contributed by atoms with E-state index in [4.69, 9.17) is 0 Å². The molecule has 0 spiro atoms. The van der Waals surface area contributed by atoms with E-state index in [0.717, 1.165) is 16.8 Å². The molecule has 3 amide bonds. The van der Waals surface area contributed by atoms with Gasteiger partial charge in [-0.1, -0.05) is 11.6 Å². The number of allylic oxidation sites excluding steroid dienone is 3. The maximum absolute atomic E-state index is 12.0. The lowest BCUT2D eigenvalue weighted by Crippen LogP contribution is -2.35. The Bertz CT molecular complexity index is 697. The smallest absolute Gasteiger partial charge is 0.268 e. The third kappa shape index (κ3) is 2.52. The Morgan fingerprint density at radius 2 is 2.09 bits per heavy atom. The summed E-state index contributed by atoms with van der Waals surface area (Å²) in [6.45, 7) is 3.73.